The van der Waals surface area contributed by atoms with E-state index in [1.807, 2.05) is 18.2 Å². The quantitative estimate of drug-likeness (QED) is 0.750. The van der Waals surface area contributed by atoms with Gasteiger partial charge in [-0.15, -0.1) is 11.6 Å². The molecule has 1 aromatic heterocycles. The molecule has 5 heteroatoms. The first kappa shape index (κ1) is 15.1. The zero-order valence-corrected chi connectivity index (χ0v) is 13.6. The normalized spacial score (nSPS) is 18.0. The van der Waals surface area contributed by atoms with Crippen molar-refractivity contribution >= 4 is 28.6 Å². The maximum absolute atomic E-state index is 12.0. The summed E-state index contributed by atoms with van der Waals surface area (Å²) < 4.78 is 5.10. The van der Waals surface area contributed by atoms with Crippen molar-refractivity contribution in [1.82, 2.24) is 9.88 Å². The molecule has 1 atom stereocenters. The largest absolute Gasteiger partial charge is 0.450 e. The van der Waals surface area contributed by atoms with Gasteiger partial charge in [-0.2, -0.15) is 0 Å². The number of hydrogen-bond acceptors (Lipinski definition) is 3. The van der Waals surface area contributed by atoms with Crippen LogP contribution >= 0.6 is 11.6 Å². The van der Waals surface area contributed by atoms with Crippen LogP contribution in [0.1, 0.15) is 29.1 Å². The highest BCUT2D eigenvalue weighted by Gasteiger charge is 2.28. The van der Waals surface area contributed by atoms with E-state index in [-0.39, 0.29) is 11.5 Å². The van der Waals surface area contributed by atoms with E-state index in [1.165, 1.54) is 5.56 Å². The average molecular weight is 319 g/mol. The molecule has 0 aliphatic carbocycles. The average Bonchev–Trinajstić information content (AvgIpc) is 2.68. The molecule has 1 unspecified atom stereocenters. The number of nitrogens with zero attached hydrogens (tertiary/aromatic N) is 2. The molecular formula is C17H19ClN2O2. The van der Waals surface area contributed by atoms with Crippen molar-refractivity contribution in [2.24, 2.45) is 0 Å². The number of rotatable bonds is 1. The molecule has 3 rings (SSSR count). The van der Waals surface area contributed by atoms with Crippen molar-refractivity contribution in [3.05, 3.63) is 41.1 Å². The van der Waals surface area contributed by atoms with Gasteiger partial charge in [-0.1, -0.05) is 18.2 Å². The van der Waals surface area contributed by atoms with Gasteiger partial charge in [0.05, 0.1) is 23.2 Å². The molecule has 116 valence electrons. The summed E-state index contributed by atoms with van der Waals surface area (Å²) in [6.07, 6.45) is 0.448. The standard InChI is InChI=1S/C17H19ClN2O2/c1-3-22-17(21)20-9-8-13-11(2)12-6-4-5-7-15(12)19-16(13)14(18)10-20/h4-7,14H,3,8-10H2,1-2H3. The number of carbonyl (C=O) groups excluding carboxylic acids is 1. The molecule has 0 bridgehead atoms. The van der Waals surface area contributed by atoms with Gasteiger partial charge in [0.15, 0.2) is 0 Å². The van der Waals surface area contributed by atoms with Crippen LogP contribution in [0.4, 0.5) is 4.79 Å². The number of amides is 1. The van der Waals surface area contributed by atoms with Crippen molar-refractivity contribution in [2.75, 3.05) is 19.7 Å². The second kappa shape index (κ2) is 6.13. The Morgan fingerprint density at radius 2 is 2.23 bits per heavy atom. The Bertz CT molecular complexity index is 717. The number of benzene rings is 1. The summed E-state index contributed by atoms with van der Waals surface area (Å²) >= 11 is 6.55. The van der Waals surface area contributed by atoms with Crippen LogP contribution in [0.2, 0.25) is 0 Å². The lowest BCUT2D eigenvalue weighted by Crippen LogP contribution is -2.34. The third-order valence-corrected chi connectivity index (χ3v) is 4.49. The Morgan fingerprint density at radius 1 is 1.45 bits per heavy atom. The predicted octanol–water partition coefficient (Wildman–Crippen LogP) is 3.84. The third kappa shape index (κ3) is 2.63. The number of ether oxygens (including phenoxy) is 1. The molecule has 1 aromatic carbocycles. The van der Waals surface area contributed by atoms with Crippen LogP contribution in [0.3, 0.4) is 0 Å². The number of pyridine rings is 1. The minimum absolute atomic E-state index is 0.303. The highest BCUT2D eigenvalue weighted by atomic mass is 35.5. The first-order chi connectivity index (χ1) is 10.6. The summed E-state index contributed by atoms with van der Waals surface area (Å²) in [7, 11) is 0. The molecule has 0 radical (unpaired) electrons. The SMILES string of the molecule is CCOC(=O)N1CCc2c(nc3ccccc3c2C)C(Cl)C1. The highest BCUT2D eigenvalue weighted by molar-refractivity contribution is 6.21. The van der Waals surface area contributed by atoms with E-state index >= 15 is 0 Å². The van der Waals surface area contributed by atoms with Crippen molar-refractivity contribution < 1.29 is 9.53 Å². The molecule has 1 amide bonds. The van der Waals surface area contributed by atoms with E-state index in [4.69, 9.17) is 21.3 Å². The number of alkyl halides is 1. The molecule has 0 N–H and O–H groups in total. The molecule has 22 heavy (non-hydrogen) atoms. The van der Waals surface area contributed by atoms with Gasteiger partial charge in [0.1, 0.15) is 0 Å². The fraction of sp³-hybridized carbons (Fsp3) is 0.412. The summed E-state index contributed by atoms with van der Waals surface area (Å²) in [5, 5.41) is 0.833. The Morgan fingerprint density at radius 3 is 3.00 bits per heavy atom. The van der Waals surface area contributed by atoms with E-state index in [0.29, 0.717) is 19.7 Å². The summed E-state index contributed by atoms with van der Waals surface area (Å²) in [4.78, 5) is 18.4. The number of aromatic nitrogens is 1. The second-order valence-electron chi connectivity index (χ2n) is 5.48. The summed E-state index contributed by atoms with van der Waals surface area (Å²) in [6, 6.07) is 8.07. The summed E-state index contributed by atoms with van der Waals surface area (Å²) in [5.74, 6) is 0. The third-order valence-electron chi connectivity index (χ3n) is 4.15. The monoisotopic (exact) mass is 318 g/mol. The fourth-order valence-electron chi connectivity index (χ4n) is 3.01. The van der Waals surface area contributed by atoms with Gasteiger partial charge in [-0.3, -0.25) is 4.98 Å². The van der Waals surface area contributed by atoms with Crippen molar-refractivity contribution in [3.8, 4) is 0 Å². The molecule has 0 saturated carbocycles. The predicted molar refractivity (Wildman–Crippen MR) is 87.4 cm³/mol. The van der Waals surface area contributed by atoms with Crippen LogP contribution in [0.15, 0.2) is 24.3 Å². The van der Waals surface area contributed by atoms with Crippen LogP contribution in [-0.4, -0.2) is 35.7 Å². The maximum atomic E-state index is 12.0. The van der Waals surface area contributed by atoms with Crippen molar-refractivity contribution in [3.63, 3.8) is 0 Å². The molecule has 1 aliphatic rings. The first-order valence-electron chi connectivity index (χ1n) is 7.55. The van der Waals surface area contributed by atoms with Crippen LogP contribution in [0.5, 0.6) is 0 Å². The minimum atomic E-state index is -0.315. The Labute approximate surface area is 135 Å². The molecule has 1 aliphatic heterocycles. The van der Waals surface area contributed by atoms with Crippen LogP contribution in [-0.2, 0) is 11.2 Å². The molecule has 4 nitrogen and oxygen atoms in total. The lowest BCUT2D eigenvalue weighted by molar-refractivity contribution is 0.108. The topological polar surface area (TPSA) is 42.4 Å². The highest BCUT2D eigenvalue weighted by Crippen LogP contribution is 2.32. The van der Waals surface area contributed by atoms with Gasteiger partial charge < -0.3 is 9.64 Å². The number of hydrogen-bond donors (Lipinski definition) is 0. The maximum Gasteiger partial charge on any atom is 0.409 e. The van der Waals surface area contributed by atoms with E-state index in [1.54, 1.807) is 11.8 Å². The number of halogens is 1. The first-order valence-corrected chi connectivity index (χ1v) is 7.99. The van der Waals surface area contributed by atoms with E-state index in [0.717, 1.165) is 28.6 Å². The minimum Gasteiger partial charge on any atom is -0.450 e. The van der Waals surface area contributed by atoms with E-state index in [9.17, 15) is 4.79 Å². The van der Waals surface area contributed by atoms with Crippen molar-refractivity contribution in [1.29, 1.82) is 0 Å². The lowest BCUT2D eigenvalue weighted by Gasteiger charge is -2.20. The van der Waals surface area contributed by atoms with Crippen LogP contribution in [0, 0.1) is 6.92 Å². The molecule has 2 aromatic rings. The van der Waals surface area contributed by atoms with Gasteiger partial charge in [-0.25, -0.2) is 4.79 Å². The Balaban J connectivity index is 2.01. The number of fused-ring (bicyclic) bond motifs is 2. The van der Waals surface area contributed by atoms with E-state index in [2.05, 4.69) is 13.0 Å². The van der Waals surface area contributed by atoms with Crippen LogP contribution < -0.4 is 0 Å². The Hall–Kier alpha value is -1.81. The van der Waals surface area contributed by atoms with E-state index < -0.39 is 0 Å². The van der Waals surface area contributed by atoms with Gasteiger partial charge >= 0.3 is 6.09 Å². The van der Waals surface area contributed by atoms with Gasteiger partial charge in [-0.05, 0) is 37.5 Å². The van der Waals surface area contributed by atoms with Gasteiger partial charge in [0, 0.05) is 18.5 Å². The fourth-order valence-corrected chi connectivity index (χ4v) is 3.36. The second-order valence-corrected chi connectivity index (χ2v) is 6.01. The van der Waals surface area contributed by atoms with Crippen LogP contribution in [0.25, 0.3) is 10.9 Å². The number of para-hydroxylation sites is 1. The summed E-state index contributed by atoms with van der Waals surface area (Å²) in [5.41, 5.74) is 4.21. The number of carbonyl (C=O) groups is 1. The zero-order valence-electron chi connectivity index (χ0n) is 12.8. The number of aryl methyl sites for hydroxylation is 1. The summed E-state index contributed by atoms with van der Waals surface area (Å²) in [6.45, 7) is 5.32. The van der Waals surface area contributed by atoms with Gasteiger partial charge in [0.25, 0.3) is 0 Å². The molecule has 2 heterocycles. The molecule has 0 fully saturated rings. The van der Waals surface area contributed by atoms with Gasteiger partial charge in [0.2, 0.25) is 0 Å². The smallest absolute Gasteiger partial charge is 0.409 e. The molecule has 0 spiro atoms. The Kier molecular flexibility index (Phi) is 4.21. The molecular weight excluding hydrogens is 300 g/mol. The van der Waals surface area contributed by atoms with Crippen molar-refractivity contribution in [2.45, 2.75) is 25.6 Å². The molecule has 0 saturated heterocycles. The lowest BCUT2D eigenvalue weighted by atomic mass is 9.98. The zero-order chi connectivity index (χ0) is 15.7.